The summed E-state index contributed by atoms with van der Waals surface area (Å²) in [6, 6.07) is 13.3. The molecule has 0 bridgehead atoms. The van der Waals surface area contributed by atoms with E-state index in [0.29, 0.717) is 22.5 Å². The van der Waals surface area contributed by atoms with Gasteiger partial charge in [-0.25, -0.2) is 4.98 Å². The Kier molecular flexibility index (Phi) is 6.71. The highest BCUT2D eigenvalue weighted by Gasteiger charge is 2.28. The molecular formula is C23H23Cl2N3OS. The molecule has 156 valence electrons. The van der Waals surface area contributed by atoms with Crippen LogP contribution in [0.2, 0.25) is 10.0 Å². The number of thioether (sulfide) groups is 1. The third kappa shape index (κ3) is 4.53. The van der Waals surface area contributed by atoms with E-state index in [9.17, 15) is 4.79 Å². The summed E-state index contributed by atoms with van der Waals surface area (Å²) in [5.74, 6) is 1.48. The first-order valence-electron chi connectivity index (χ1n) is 9.94. The zero-order valence-corrected chi connectivity index (χ0v) is 19.1. The number of aromatic nitrogens is 2. The van der Waals surface area contributed by atoms with Crippen LogP contribution in [-0.2, 0) is 6.54 Å². The Morgan fingerprint density at radius 1 is 1.17 bits per heavy atom. The van der Waals surface area contributed by atoms with Crippen molar-refractivity contribution in [1.82, 2.24) is 14.5 Å². The fourth-order valence-corrected chi connectivity index (χ4v) is 4.96. The van der Waals surface area contributed by atoms with Crippen LogP contribution in [0.5, 0.6) is 0 Å². The van der Waals surface area contributed by atoms with Gasteiger partial charge in [0.1, 0.15) is 5.82 Å². The lowest BCUT2D eigenvalue weighted by Gasteiger charge is -2.32. The summed E-state index contributed by atoms with van der Waals surface area (Å²) < 4.78 is 2.14. The van der Waals surface area contributed by atoms with E-state index in [4.69, 9.17) is 23.2 Å². The third-order valence-corrected chi connectivity index (χ3v) is 6.98. The number of carbonyl (C=O) groups is 1. The number of piperidine rings is 1. The van der Waals surface area contributed by atoms with Gasteiger partial charge in [-0.05, 0) is 55.0 Å². The number of hydrogen-bond acceptors (Lipinski definition) is 3. The standard InChI is InChI=1S/C23H23Cl2N3OS/c1-30-21-5-3-2-4-19(21)23(29)27-11-8-16(9-12-27)22-26-10-13-28(22)15-17-14-18(24)6-7-20(17)25/h2-7,10,13-14,16H,8-9,11-12,15H2,1H3. The summed E-state index contributed by atoms with van der Waals surface area (Å²) in [6.07, 6.45) is 7.62. The highest BCUT2D eigenvalue weighted by Crippen LogP contribution is 2.30. The van der Waals surface area contributed by atoms with Gasteiger partial charge in [0, 0.05) is 46.3 Å². The SMILES string of the molecule is CSc1ccccc1C(=O)N1CCC(c2nccn2Cc2cc(Cl)ccc2Cl)CC1. The second-order valence-corrected chi connectivity index (χ2v) is 9.11. The van der Waals surface area contributed by atoms with Crippen LogP contribution in [0.25, 0.3) is 0 Å². The zero-order valence-electron chi connectivity index (χ0n) is 16.7. The topological polar surface area (TPSA) is 38.1 Å². The van der Waals surface area contributed by atoms with E-state index >= 15 is 0 Å². The number of halogens is 2. The predicted octanol–water partition coefficient (Wildman–Crippen LogP) is 5.98. The summed E-state index contributed by atoms with van der Waals surface area (Å²) in [5, 5.41) is 1.38. The van der Waals surface area contributed by atoms with Crippen LogP contribution in [0, 0.1) is 0 Å². The van der Waals surface area contributed by atoms with Crippen molar-refractivity contribution < 1.29 is 4.79 Å². The molecule has 0 saturated carbocycles. The summed E-state index contributed by atoms with van der Waals surface area (Å²) in [5.41, 5.74) is 1.77. The van der Waals surface area contributed by atoms with Crippen molar-refractivity contribution in [3.63, 3.8) is 0 Å². The fourth-order valence-electron chi connectivity index (χ4n) is 3.99. The highest BCUT2D eigenvalue weighted by molar-refractivity contribution is 7.98. The van der Waals surface area contributed by atoms with Crippen LogP contribution in [0.15, 0.2) is 59.8 Å². The largest absolute Gasteiger partial charge is 0.339 e. The van der Waals surface area contributed by atoms with E-state index < -0.39 is 0 Å². The van der Waals surface area contributed by atoms with Gasteiger partial charge in [-0.15, -0.1) is 11.8 Å². The molecule has 1 aliphatic heterocycles. The molecule has 0 radical (unpaired) electrons. The molecule has 0 atom stereocenters. The molecule has 4 nitrogen and oxygen atoms in total. The quantitative estimate of drug-likeness (QED) is 0.440. The van der Waals surface area contributed by atoms with Gasteiger partial charge in [0.05, 0.1) is 12.1 Å². The van der Waals surface area contributed by atoms with Gasteiger partial charge in [0.25, 0.3) is 5.91 Å². The Balaban J connectivity index is 1.45. The summed E-state index contributed by atoms with van der Waals surface area (Å²) in [7, 11) is 0. The molecule has 1 amide bonds. The van der Waals surface area contributed by atoms with Crippen LogP contribution in [0.1, 0.15) is 40.5 Å². The lowest BCUT2D eigenvalue weighted by Crippen LogP contribution is -2.38. The number of rotatable bonds is 5. The molecule has 4 rings (SSSR count). The molecule has 0 aliphatic carbocycles. The van der Waals surface area contributed by atoms with Gasteiger partial charge in [-0.2, -0.15) is 0 Å². The normalized spacial score (nSPS) is 14.8. The predicted molar refractivity (Wildman–Crippen MR) is 124 cm³/mol. The average Bonchev–Trinajstić information content (AvgIpc) is 3.24. The van der Waals surface area contributed by atoms with E-state index in [1.807, 2.05) is 59.9 Å². The second-order valence-electron chi connectivity index (χ2n) is 7.42. The molecule has 3 aromatic rings. The minimum Gasteiger partial charge on any atom is -0.339 e. The smallest absolute Gasteiger partial charge is 0.254 e. The first-order valence-corrected chi connectivity index (χ1v) is 11.9. The van der Waals surface area contributed by atoms with Gasteiger partial charge in [0.2, 0.25) is 0 Å². The summed E-state index contributed by atoms with van der Waals surface area (Å²) in [6.45, 7) is 2.10. The van der Waals surface area contributed by atoms with Crippen molar-refractivity contribution in [1.29, 1.82) is 0 Å². The molecule has 2 aromatic carbocycles. The van der Waals surface area contributed by atoms with Crippen LogP contribution < -0.4 is 0 Å². The lowest BCUT2D eigenvalue weighted by molar-refractivity contribution is 0.0707. The summed E-state index contributed by atoms with van der Waals surface area (Å²) >= 11 is 14.1. The monoisotopic (exact) mass is 459 g/mol. The van der Waals surface area contributed by atoms with E-state index in [0.717, 1.165) is 47.8 Å². The van der Waals surface area contributed by atoms with Crippen molar-refractivity contribution in [2.24, 2.45) is 0 Å². The number of likely N-dealkylation sites (tertiary alicyclic amines) is 1. The molecule has 1 fully saturated rings. The fraction of sp³-hybridized carbons (Fsp3) is 0.304. The first-order chi connectivity index (χ1) is 14.6. The number of carbonyl (C=O) groups excluding carboxylic acids is 1. The van der Waals surface area contributed by atoms with E-state index in [-0.39, 0.29) is 5.91 Å². The molecule has 2 heterocycles. The molecular weight excluding hydrogens is 437 g/mol. The average molecular weight is 460 g/mol. The second kappa shape index (κ2) is 9.46. The van der Waals surface area contributed by atoms with Gasteiger partial charge in [-0.1, -0.05) is 35.3 Å². The minimum absolute atomic E-state index is 0.118. The molecule has 0 spiro atoms. The van der Waals surface area contributed by atoms with Crippen molar-refractivity contribution in [3.8, 4) is 0 Å². The van der Waals surface area contributed by atoms with Crippen LogP contribution in [0.3, 0.4) is 0 Å². The van der Waals surface area contributed by atoms with Crippen molar-refractivity contribution >= 4 is 40.9 Å². The van der Waals surface area contributed by atoms with Crippen molar-refractivity contribution in [3.05, 3.63) is 81.9 Å². The maximum Gasteiger partial charge on any atom is 0.254 e. The molecule has 1 aromatic heterocycles. The number of benzene rings is 2. The van der Waals surface area contributed by atoms with E-state index in [1.54, 1.807) is 17.8 Å². The van der Waals surface area contributed by atoms with Crippen LogP contribution >= 0.6 is 35.0 Å². The van der Waals surface area contributed by atoms with Gasteiger partial charge < -0.3 is 9.47 Å². The Morgan fingerprint density at radius 3 is 2.70 bits per heavy atom. The van der Waals surface area contributed by atoms with Gasteiger partial charge in [0.15, 0.2) is 0 Å². The molecule has 0 N–H and O–H groups in total. The number of amides is 1. The van der Waals surface area contributed by atoms with E-state index in [2.05, 4.69) is 9.55 Å². The van der Waals surface area contributed by atoms with Gasteiger partial charge in [-0.3, -0.25) is 4.79 Å². The molecule has 0 unspecified atom stereocenters. The van der Waals surface area contributed by atoms with Gasteiger partial charge >= 0.3 is 0 Å². The Labute approximate surface area is 191 Å². The molecule has 7 heteroatoms. The number of nitrogens with zero attached hydrogens (tertiary/aromatic N) is 3. The molecule has 1 saturated heterocycles. The molecule has 30 heavy (non-hydrogen) atoms. The zero-order chi connectivity index (χ0) is 21.1. The Morgan fingerprint density at radius 2 is 1.93 bits per heavy atom. The number of imidazole rings is 1. The lowest BCUT2D eigenvalue weighted by atomic mass is 9.95. The van der Waals surface area contributed by atoms with Crippen molar-refractivity contribution in [2.45, 2.75) is 30.2 Å². The van der Waals surface area contributed by atoms with Crippen molar-refractivity contribution in [2.75, 3.05) is 19.3 Å². The Bertz CT molecular complexity index is 1040. The Hall–Kier alpha value is -1.95. The molecule has 1 aliphatic rings. The maximum absolute atomic E-state index is 13.0. The van der Waals surface area contributed by atoms with E-state index in [1.165, 1.54) is 0 Å². The highest BCUT2D eigenvalue weighted by atomic mass is 35.5. The summed E-state index contributed by atoms with van der Waals surface area (Å²) in [4.78, 5) is 20.6. The first kappa shape index (κ1) is 21.3. The van der Waals surface area contributed by atoms with Crippen LogP contribution in [0.4, 0.5) is 0 Å². The minimum atomic E-state index is 0.118. The number of hydrogen-bond donors (Lipinski definition) is 0. The van der Waals surface area contributed by atoms with Crippen LogP contribution in [-0.4, -0.2) is 39.7 Å². The maximum atomic E-state index is 13.0. The third-order valence-electron chi connectivity index (χ3n) is 5.58.